The Kier molecular flexibility index (Phi) is 2.20. The first-order chi connectivity index (χ1) is 8.54. The molecule has 0 fully saturated rings. The summed E-state index contributed by atoms with van der Waals surface area (Å²) in [6.45, 7) is 3.82. The molecular formula is C10H10N6OS. The van der Waals surface area contributed by atoms with Crippen molar-refractivity contribution in [1.82, 2.24) is 24.9 Å². The Labute approximate surface area is 105 Å². The molecule has 0 bridgehead atoms. The van der Waals surface area contributed by atoms with E-state index in [0.717, 1.165) is 15.6 Å². The molecule has 8 heteroatoms. The van der Waals surface area contributed by atoms with Crippen molar-refractivity contribution in [3.63, 3.8) is 0 Å². The van der Waals surface area contributed by atoms with Crippen LogP contribution in [0.3, 0.4) is 0 Å². The van der Waals surface area contributed by atoms with Gasteiger partial charge in [-0.15, -0.1) is 11.3 Å². The molecule has 18 heavy (non-hydrogen) atoms. The van der Waals surface area contributed by atoms with Gasteiger partial charge in [0.1, 0.15) is 0 Å². The Balaban J connectivity index is 2.29. The molecule has 0 spiro atoms. The van der Waals surface area contributed by atoms with Crippen LogP contribution in [0.15, 0.2) is 4.79 Å². The van der Waals surface area contributed by atoms with Crippen molar-refractivity contribution in [3.05, 3.63) is 21.1 Å². The molecule has 7 nitrogen and oxygen atoms in total. The molecule has 0 radical (unpaired) electrons. The van der Waals surface area contributed by atoms with Gasteiger partial charge in [-0.05, 0) is 13.8 Å². The average molecular weight is 262 g/mol. The minimum Gasteiger partial charge on any atom is -0.369 e. The fraction of sp³-hybridized carbons (Fsp3) is 0.200. The fourth-order valence-corrected chi connectivity index (χ4v) is 2.65. The SMILES string of the molecule is Cc1nc(C)c(-c2nc3nc(N)[nH]c(=O)c3[nH]2)s1. The number of nitrogens with zero attached hydrogens (tertiary/aromatic N) is 3. The van der Waals surface area contributed by atoms with E-state index in [-0.39, 0.29) is 11.5 Å². The predicted molar refractivity (Wildman–Crippen MR) is 69.5 cm³/mol. The molecule has 0 atom stereocenters. The van der Waals surface area contributed by atoms with E-state index in [1.165, 1.54) is 11.3 Å². The van der Waals surface area contributed by atoms with Crippen molar-refractivity contribution in [3.8, 4) is 10.7 Å². The van der Waals surface area contributed by atoms with Gasteiger partial charge in [0, 0.05) is 0 Å². The summed E-state index contributed by atoms with van der Waals surface area (Å²) >= 11 is 1.52. The molecule has 3 aromatic rings. The number of aromatic amines is 2. The summed E-state index contributed by atoms with van der Waals surface area (Å²) in [6.07, 6.45) is 0. The number of H-pyrrole nitrogens is 2. The number of fused-ring (bicyclic) bond motifs is 1. The number of anilines is 1. The number of hydrogen-bond donors (Lipinski definition) is 3. The Morgan fingerprint density at radius 3 is 2.61 bits per heavy atom. The monoisotopic (exact) mass is 262 g/mol. The van der Waals surface area contributed by atoms with Crippen molar-refractivity contribution < 1.29 is 0 Å². The maximum absolute atomic E-state index is 11.7. The fourth-order valence-electron chi connectivity index (χ4n) is 1.78. The summed E-state index contributed by atoms with van der Waals surface area (Å²) < 4.78 is 0. The summed E-state index contributed by atoms with van der Waals surface area (Å²) in [6, 6.07) is 0. The first-order valence-electron chi connectivity index (χ1n) is 5.24. The van der Waals surface area contributed by atoms with Crippen molar-refractivity contribution in [2.24, 2.45) is 0 Å². The van der Waals surface area contributed by atoms with Gasteiger partial charge >= 0.3 is 0 Å². The third-order valence-corrected chi connectivity index (χ3v) is 3.58. The molecule has 0 aliphatic carbocycles. The smallest absolute Gasteiger partial charge is 0.278 e. The molecule has 0 aromatic carbocycles. The lowest BCUT2D eigenvalue weighted by Gasteiger charge is -1.89. The minimum atomic E-state index is -0.324. The lowest BCUT2D eigenvalue weighted by molar-refractivity contribution is 1.17. The van der Waals surface area contributed by atoms with Gasteiger partial charge in [-0.25, -0.2) is 9.97 Å². The second kappa shape index (κ2) is 3.64. The molecule has 3 rings (SSSR count). The molecule has 0 saturated carbocycles. The van der Waals surface area contributed by atoms with Crippen LogP contribution in [0.4, 0.5) is 5.95 Å². The molecule has 3 aromatic heterocycles. The topological polar surface area (TPSA) is 113 Å². The zero-order chi connectivity index (χ0) is 12.9. The van der Waals surface area contributed by atoms with Gasteiger partial charge in [0.05, 0.1) is 15.6 Å². The van der Waals surface area contributed by atoms with E-state index in [1.54, 1.807) is 0 Å². The molecule has 0 aliphatic heterocycles. The van der Waals surface area contributed by atoms with Crippen molar-refractivity contribution in [2.75, 3.05) is 5.73 Å². The second-order valence-corrected chi connectivity index (χ2v) is 5.09. The first-order valence-corrected chi connectivity index (χ1v) is 6.06. The molecule has 4 N–H and O–H groups in total. The lowest BCUT2D eigenvalue weighted by Crippen LogP contribution is -2.10. The summed E-state index contributed by atoms with van der Waals surface area (Å²) in [5.74, 6) is 0.652. The second-order valence-electron chi connectivity index (χ2n) is 3.88. The highest BCUT2D eigenvalue weighted by Gasteiger charge is 2.14. The third-order valence-electron chi connectivity index (χ3n) is 2.50. The van der Waals surface area contributed by atoms with Gasteiger partial charge < -0.3 is 10.7 Å². The van der Waals surface area contributed by atoms with E-state index in [4.69, 9.17) is 5.73 Å². The summed E-state index contributed by atoms with van der Waals surface area (Å²) in [4.78, 5) is 30.6. The third kappa shape index (κ3) is 1.58. The van der Waals surface area contributed by atoms with E-state index in [2.05, 4.69) is 24.9 Å². The molecule has 0 unspecified atom stereocenters. The van der Waals surface area contributed by atoms with Crippen LogP contribution in [-0.2, 0) is 0 Å². The van der Waals surface area contributed by atoms with E-state index in [1.807, 2.05) is 13.8 Å². The van der Waals surface area contributed by atoms with Crippen LogP contribution in [0.2, 0.25) is 0 Å². The maximum Gasteiger partial charge on any atom is 0.278 e. The standard InChI is InChI=1S/C10H10N6OS/c1-3-6(18-4(2)12-3)8-13-5-7(14-8)15-10(11)16-9(5)17/h1-2H3,(H4,11,13,14,15,16,17). The summed E-state index contributed by atoms with van der Waals surface area (Å²) in [5, 5.41) is 0.948. The van der Waals surface area contributed by atoms with Gasteiger partial charge in [-0.1, -0.05) is 0 Å². The summed E-state index contributed by atoms with van der Waals surface area (Å²) in [7, 11) is 0. The Hall–Kier alpha value is -2.22. The number of aromatic nitrogens is 5. The molecule has 0 amide bonds. The highest BCUT2D eigenvalue weighted by atomic mass is 32.1. The van der Waals surface area contributed by atoms with Crippen molar-refractivity contribution in [2.45, 2.75) is 13.8 Å². The number of thiazole rings is 1. The first kappa shape index (κ1) is 10.9. The van der Waals surface area contributed by atoms with E-state index < -0.39 is 0 Å². The zero-order valence-corrected chi connectivity index (χ0v) is 10.6. The van der Waals surface area contributed by atoms with Crippen LogP contribution in [0, 0.1) is 13.8 Å². The number of nitrogens with two attached hydrogens (primary N) is 1. The van der Waals surface area contributed by atoms with Gasteiger partial charge in [-0.3, -0.25) is 9.78 Å². The highest BCUT2D eigenvalue weighted by Crippen LogP contribution is 2.27. The Morgan fingerprint density at radius 1 is 1.17 bits per heavy atom. The number of rotatable bonds is 1. The number of nitrogens with one attached hydrogen (secondary N) is 2. The van der Waals surface area contributed by atoms with Crippen LogP contribution >= 0.6 is 11.3 Å². The molecule has 3 heterocycles. The van der Waals surface area contributed by atoms with Gasteiger partial charge in [0.15, 0.2) is 17.0 Å². The van der Waals surface area contributed by atoms with Crippen LogP contribution < -0.4 is 11.3 Å². The summed E-state index contributed by atoms with van der Waals surface area (Å²) in [5.41, 5.74) is 6.67. The van der Waals surface area contributed by atoms with Gasteiger partial charge in [0.25, 0.3) is 5.56 Å². The van der Waals surface area contributed by atoms with Crippen LogP contribution in [0.5, 0.6) is 0 Å². The molecule has 92 valence electrons. The largest absolute Gasteiger partial charge is 0.369 e. The Morgan fingerprint density at radius 2 is 1.94 bits per heavy atom. The zero-order valence-electron chi connectivity index (χ0n) is 9.74. The van der Waals surface area contributed by atoms with Crippen LogP contribution in [0.25, 0.3) is 21.9 Å². The number of aryl methyl sites for hydroxylation is 2. The normalized spacial score (nSPS) is 11.2. The van der Waals surface area contributed by atoms with Crippen molar-refractivity contribution in [1.29, 1.82) is 0 Å². The Bertz CT molecular complexity index is 798. The maximum atomic E-state index is 11.7. The van der Waals surface area contributed by atoms with Crippen LogP contribution in [-0.4, -0.2) is 24.9 Å². The van der Waals surface area contributed by atoms with Gasteiger partial charge in [0.2, 0.25) is 5.95 Å². The van der Waals surface area contributed by atoms with Crippen molar-refractivity contribution >= 4 is 28.4 Å². The predicted octanol–water partition coefficient (Wildman–Crippen LogP) is 0.969. The number of nitrogen functional groups attached to an aromatic ring is 1. The van der Waals surface area contributed by atoms with E-state index in [0.29, 0.717) is 17.0 Å². The quantitative estimate of drug-likeness (QED) is 0.604. The number of imidazole rings is 1. The molecule has 0 aliphatic rings. The average Bonchev–Trinajstić information content (AvgIpc) is 2.81. The highest BCUT2D eigenvalue weighted by molar-refractivity contribution is 7.15. The van der Waals surface area contributed by atoms with Gasteiger partial charge in [-0.2, -0.15) is 4.98 Å². The van der Waals surface area contributed by atoms with E-state index in [9.17, 15) is 4.79 Å². The van der Waals surface area contributed by atoms with Crippen LogP contribution in [0.1, 0.15) is 10.7 Å². The van der Waals surface area contributed by atoms with E-state index >= 15 is 0 Å². The minimum absolute atomic E-state index is 0.0581. The number of hydrogen-bond acceptors (Lipinski definition) is 6. The molecular weight excluding hydrogens is 252 g/mol. The molecule has 0 saturated heterocycles. The lowest BCUT2D eigenvalue weighted by atomic mass is 10.4.